The SMILES string of the molecule is C[C@H](N)C(=O)N1C[C@@H](CO)C2(CCCC2)C1. The standard InChI is InChI=1S/C12H22N2O2/c1-9(13)11(16)14-6-10(7-15)12(8-14)4-2-3-5-12/h9-10,15H,2-8,13H2,1H3/t9-,10-/m0/s1. The fraction of sp³-hybridized carbons (Fsp3) is 0.917. The van der Waals surface area contributed by atoms with Crippen molar-refractivity contribution in [3.05, 3.63) is 0 Å². The van der Waals surface area contributed by atoms with Crippen molar-refractivity contribution in [2.75, 3.05) is 19.7 Å². The van der Waals surface area contributed by atoms with Crippen molar-refractivity contribution in [2.45, 2.75) is 38.6 Å². The maximum atomic E-state index is 11.9. The fourth-order valence-corrected chi connectivity index (χ4v) is 3.39. The number of amides is 1. The zero-order valence-electron chi connectivity index (χ0n) is 9.98. The van der Waals surface area contributed by atoms with Gasteiger partial charge in [0.15, 0.2) is 0 Å². The van der Waals surface area contributed by atoms with Gasteiger partial charge in [0.1, 0.15) is 0 Å². The molecule has 4 nitrogen and oxygen atoms in total. The van der Waals surface area contributed by atoms with Crippen molar-refractivity contribution in [2.24, 2.45) is 17.1 Å². The molecule has 2 rings (SSSR count). The van der Waals surface area contributed by atoms with Gasteiger partial charge in [0.25, 0.3) is 0 Å². The van der Waals surface area contributed by atoms with Gasteiger partial charge in [0.2, 0.25) is 5.91 Å². The zero-order valence-corrected chi connectivity index (χ0v) is 9.98. The van der Waals surface area contributed by atoms with E-state index in [1.54, 1.807) is 6.92 Å². The fourth-order valence-electron chi connectivity index (χ4n) is 3.39. The summed E-state index contributed by atoms with van der Waals surface area (Å²) in [5.41, 5.74) is 5.83. The number of likely N-dealkylation sites (tertiary alicyclic amines) is 1. The third-order valence-corrected chi connectivity index (χ3v) is 4.33. The molecule has 16 heavy (non-hydrogen) atoms. The summed E-state index contributed by atoms with van der Waals surface area (Å²) in [7, 11) is 0. The topological polar surface area (TPSA) is 66.6 Å². The zero-order chi connectivity index (χ0) is 11.8. The first kappa shape index (κ1) is 11.9. The van der Waals surface area contributed by atoms with Crippen LogP contribution >= 0.6 is 0 Å². The Morgan fingerprint density at radius 2 is 2.19 bits per heavy atom. The van der Waals surface area contributed by atoms with E-state index in [0.717, 1.165) is 19.4 Å². The minimum atomic E-state index is -0.420. The van der Waals surface area contributed by atoms with Crippen LogP contribution in [0.25, 0.3) is 0 Å². The molecule has 2 fully saturated rings. The van der Waals surface area contributed by atoms with Gasteiger partial charge in [0, 0.05) is 25.6 Å². The van der Waals surface area contributed by atoms with Crippen molar-refractivity contribution >= 4 is 5.91 Å². The molecule has 1 spiro atoms. The Balaban J connectivity index is 2.10. The Morgan fingerprint density at radius 3 is 2.69 bits per heavy atom. The average Bonchev–Trinajstić information content (AvgIpc) is 2.86. The normalized spacial score (nSPS) is 29.9. The average molecular weight is 226 g/mol. The number of hydrogen-bond acceptors (Lipinski definition) is 3. The van der Waals surface area contributed by atoms with Gasteiger partial charge in [-0.15, -0.1) is 0 Å². The van der Waals surface area contributed by atoms with Gasteiger partial charge in [0.05, 0.1) is 6.04 Å². The Bertz CT molecular complexity index is 272. The molecule has 0 bridgehead atoms. The van der Waals surface area contributed by atoms with Crippen LogP contribution in [0.4, 0.5) is 0 Å². The number of aliphatic hydroxyl groups is 1. The summed E-state index contributed by atoms with van der Waals surface area (Å²) in [6.45, 7) is 3.42. The maximum absolute atomic E-state index is 11.9. The molecular formula is C12H22N2O2. The third kappa shape index (κ3) is 1.84. The minimum Gasteiger partial charge on any atom is -0.396 e. The van der Waals surface area contributed by atoms with Crippen LogP contribution in [0.3, 0.4) is 0 Å². The number of nitrogens with zero attached hydrogens (tertiary/aromatic N) is 1. The lowest BCUT2D eigenvalue weighted by molar-refractivity contribution is -0.131. The summed E-state index contributed by atoms with van der Waals surface area (Å²) in [6, 6.07) is -0.420. The lowest BCUT2D eigenvalue weighted by Gasteiger charge is -2.28. The lowest BCUT2D eigenvalue weighted by Crippen LogP contribution is -2.41. The van der Waals surface area contributed by atoms with Gasteiger partial charge in [-0.25, -0.2) is 0 Å². The highest BCUT2D eigenvalue weighted by atomic mass is 16.3. The van der Waals surface area contributed by atoms with Crippen molar-refractivity contribution in [3.63, 3.8) is 0 Å². The molecule has 1 amide bonds. The second-order valence-electron chi connectivity index (χ2n) is 5.46. The summed E-state index contributed by atoms with van der Waals surface area (Å²) in [5.74, 6) is 0.292. The van der Waals surface area contributed by atoms with Gasteiger partial charge >= 0.3 is 0 Å². The van der Waals surface area contributed by atoms with Crippen molar-refractivity contribution in [3.8, 4) is 0 Å². The molecule has 2 aliphatic rings. The van der Waals surface area contributed by atoms with Crippen molar-refractivity contribution < 1.29 is 9.90 Å². The monoisotopic (exact) mass is 226 g/mol. The summed E-state index contributed by atoms with van der Waals surface area (Å²) in [6.07, 6.45) is 4.77. The maximum Gasteiger partial charge on any atom is 0.239 e. The van der Waals surface area contributed by atoms with Crippen LogP contribution in [-0.4, -0.2) is 41.7 Å². The predicted molar refractivity (Wildman–Crippen MR) is 61.7 cm³/mol. The first-order valence-electron chi connectivity index (χ1n) is 6.24. The summed E-state index contributed by atoms with van der Waals surface area (Å²) < 4.78 is 0. The van der Waals surface area contributed by atoms with Crippen LogP contribution in [0, 0.1) is 11.3 Å². The van der Waals surface area contributed by atoms with Crippen molar-refractivity contribution in [1.82, 2.24) is 4.90 Å². The largest absolute Gasteiger partial charge is 0.396 e. The van der Waals surface area contributed by atoms with E-state index in [-0.39, 0.29) is 23.8 Å². The number of carbonyl (C=O) groups is 1. The van der Waals surface area contributed by atoms with E-state index in [9.17, 15) is 9.90 Å². The van der Waals surface area contributed by atoms with E-state index in [1.165, 1.54) is 12.8 Å². The smallest absolute Gasteiger partial charge is 0.239 e. The van der Waals surface area contributed by atoms with Crippen molar-refractivity contribution in [1.29, 1.82) is 0 Å². The summed E-state index contributed by atoms with van der Waals surface area (Å²) >= 11 is 0. The molecule has 0 aromatic heterocycles. The molecule has 4 heteroatoms. The first-order chi connectivity index (χ1) is 7.59. The molecule has 1 heterocycles. The highest BCUT2D eigenvalue weighted by molar-refractivity contribution is 5.81. The van der Waals surface area contributed by atoms with Crippen LogP contribution in [0.2, 0.25) is 0 Å². The quantitative estimate of drug-likeness (QED) is 0.714. The lowest BCUT2D eigenvalue weighted by atomic mass is 9.77. The molecule has 1 saturated heterocycles. The van der Waals surface area contributed by atoms with Crippen LogP contribution in [-0.2, 0) is 4.79 Å². The second kappa shape index (κ2) is 4.34. The molecule has 1 aliphatic heterocycles. The molecule has 0 radical (unpaired) electrons. The summed E-state index contributed by atoms with van der Waals surface area (Å²) in [5, 5.41) is 9.46. The first-order valence-corrected chi connectivity index (χ1v) is 6.24. The van der Waals surface area contributed by atoms with E-state index in [1.807, 2.05) is 4.90 Å². The molecule has 0 aromatic carbocycles. The molecule has 1 saturated carbocycles. The Kier molecular flexibility index (Phi) is 3.22. The number of rotatable bonds is 2. The molecule has 0 aromatic rings. The van der Waals surface area contributed by atoms with Crippen LogP contribution < -0.4 is 5.73 Å². The molecule has 0 unspecified atom stereocenters. The predicted octanol–water partition coefficient (Wildman–Crippen LogP) is 0.345. The Morgan fingerprint density at radius 1 is 1.56 bits per heavy atom. The Labute approximate surface area is 96.8 Å². The van der Waals surface area contributed by atoms with Crippen LogP contribution in [0.5, 0.6) is 0 Å². The van der Waals surface area contributed by atoms with E-state index >= 15 is 0 Å². The van der Waals surface area contributed by atoms with Gasteiger partial charge < -0.3 is 15.7 Å². The van der Waals surface area contributed by atoms with E-state index in [4.69, 9.17) is 5.73 Å². The number of aliphatic hydroxyl groups excluding tert-OH is 1. The number of nitrogens with two attached hydrogens (primary N) is 1. The second-order valence-corrected chi connectivity index (χ2v) is 5.46. The van der Waals surface area contributed by atoms with Gasteiger partial charge in [-0.2, -0.15) is 0 Å². The Hall–Kier alpha value is -0.610. The molecule has 1 aliphatic carbocycles. The highest BCUT2D eigenvalue weighted by Gasteiger charge is 2.48. The van der Waals surface area contributed by atoms with Gasteiger partial charge in [-0.05, 0) is 25.2 Å². The van der Waals surface area contributed by atoms with E-state index in [0.29, 0.717) is 6.54 Å². The number of carbonyl (C=O) groups excluding carboxylic acids is 1. The molecular weight excluding hydrogens is 204 g/mol. The molecule has 92 valence electrons. The highest BCUT2D eigenvalue weighted by Crippen LogP contribution is 2.48. The van der Waals surface area contributed by atoms with Crippen LogP contribution in [0.1, 0.15) is 32.6 Å². The van der Waals surface area contributed by atoms with Crippen LogP contribution in [0.15, 0.2) is 0 Å². The van der Waals surface area contributed by atoms with Gasteiger partial charge in [-0.3, -0.25) is 4.79 Å². The number of hydrogen-bond donors (Lipinski definition) is 2. The summed E-state index contributed by atoms with van der Waals surface area (Å²) in [4.78, 5) is 13.7. The van der Waals surface area contributed by atoms with E-state index < -0.39 is 6.04 Å². The van der Waals surface area contributed by atoms with Gasteiger partial charge in [-0.1, -0.05) is 12.8 Å². The third-order valence-electron chi connectivity index (χ3n) is 4.33. The molecule has 2 atom stereocenters. The molecule has 3 N–H and O–H groups in total. The van der Waals surface area contributed by atoms with E-state index in [2.05, 4.69) is 0 Å². The minimum absolute atomic E-state index is 0.0298.